The third-order valence-corrected chi connectivity index (χ3v) is 7.57. The van der Waals surface area contributed by atoms with Crippen molar-refractivity contribution in [2.24, 2.45) is 0 Å². The molecule has 0 atom stereocenters. The molecule has 1 N–H and O–H groups in total. The fourth-order valence-electron chi connectivity index (χ4n) is 4.03. The van der Waals surface area contributed by atoms with E-state index in [1.807, 2.05) is 48.2 Å². The molecule has 0 bridgehead atoms. The molecule has 5 heterocycles. The summed E-state index contributed by atoms with van der Waals surface area (Å²) in [5.74, 6) is 2.72. The van der Waals surface area contributed by atoms with E-state index in [1.54, 1.807) is 18.6 Å². The molecular weight excluding hydrogens is 522 g/mol. The Morgan fingerprint density at radius 1 is 1.13 bits per heavy atom. The first-order valence-electron chi connectivity index (χ1n) is 12.1. The SMILES string of the molecule is COCC(=O)N1CCC(c2nsc(Nc3ncc(Sc4ccccn4)cc3Oc3cccnc3C)n2)CC1. The number of rotatable bonds is 9. The molecule has 0 saturated carbocycles. The van der Waals surface area contributed by atoms with Crippen molar-refractivity contribution in [1.82, 2.24) is 29.2 Å². The highest BCUT2D eigenvalue weighted by Crippen LogP contribution is 2.37. The van der Waals surface area contributed by atoms with Gasteiger partial charge in [0, 0.05) is 67.2 Å². The van der Waals surface area contributed by atoms with Gasteiger partial charge in [0.25, 0.3) is 0 Å². The number of aromatic nitrogens is 5. The summed E-state index contributed by atoms with van der Waals surface area (Å²) in [6.45, 7) is 3.36. The summed E-state index contributed by atoms with van der Waals surface area (Å²) >= 11 is 2.78. The van der Waals surface area contributed by atoms with Crippen LogP contribution in [0, 0.1) is 6.92 Å². The Balaban J connectivity index is 1.32. The highest BCUT2D eigenvalue weighted by molar-refractivity contribution is 7.99. The second kappa shape index (κ2) is 12.3. The standard InChI is InChI=1S/C26H27N7O3S2/c1-17-20(6-5-11-27-17)36-21-14-19(37-22-7-3-4-10-28-22)15-29-25(21)31-26-30-24(32-38-26)18-8-12-33(13-9-18)23(34)16-35-2/h3-7,10-11,14-15,18H,8-9,12-13,16H2,1-2H3,(H,29,30,31,32). The molecule has 1 amide bonds. The lowest BCUT2D eigenvalue weighted by Crippen LogP contribution is -2.39. The van der Waals surface area contributed by atoms with Crippen molar-refractivity contribution in [3.8, 4) is 11.5 Å². The van der Waals surface area contributed by atoms with Gasteiger partial charge in [0.2, 0.25) is 11.0 Å². The molecule has 10 nitrogen and oxygen atoms in total. The van der Waals surface area contributed by atoms with Crippen LogP contribution in [0.3, 0.4) is 0 Å². The number of aryl methyl sites for hydroxylation is 1. The van der Waals surface area contributed by atoms with E-state index < -0.39 is 0 Å². The van der Waals surface area contributed by atoms with Crippen molar-refractivity contribution >= 4 is 40.2 Å². The van der Waals surface area contributed by atoms with Crippen molar-refractivity contribution < 1.29 is 14.3 Å². The van der Waals surface area contributed by atoms with Crippen molar-refractivity contribution in [3.05, 3.63) is 66.5 Å². The Hall–Kier alpha value is -3.61. The van der Waals surface area contributed by atoms with Gasteiger partial charge in [-0.15, -0.1) is 0 Å². The number of piperidine rings is 1. The van der Waals surface area contributed by atoms with E-state index in [2.05, 4.69) is 24.6 Å². The number of carbonyl (C=O) groups excluding carboxylic acids is 1. The van der Waals surface area contributed by atoms with Gasteiger partial charge in [-0.1, -0.05) is 17.8 Å². The summed E-state index contributed by atoms with van der Waals surface area (Å²) in [5, 5.41) is 4.78. The lowest BCUT2D eigenvalue weighted by atomic mass is 9.96. The summed E-state index contributed by atoms with van der Waals surface area (Å²) in [6, 6.07) is 11.4. The quantitative estimate of drug-likeness (QED) is 0.303. The van der Waals surface area contributed by atoms with Gasteiger partial charge in [-0.3, -0.25) is 9.78 Å². The molecule has 0 aliphatic carbocycles. The van der Waals surface area contributed by atoms with Crippen LogP contribution in [0.4, 0.5) is 10.9 Å². The maximum absolute atomic E-state index is 12.1. The van der Waals surface area contributed by atoms with Crippen LogP contribution in [0.5, 0.6) is 11.5 Å². The van der Waals surface area contributed by atoms with Crippen LogP contribution in [0.15, 0.2) is 64.9 Å². The number of ether oxygens (including phenoxy) is 2. The molecule has 196 valence electrons. The first-order chi connectivity index (χ1) is 18.6. The molecule has 0 radical (unpaired) electrons. The van der Waals surface area contributed by atoms with Crippen LogP contribution in [-0.2, 0) is 9.53 Å². The van der Waals surface area contributed by atoms with Gasteiger partial charge < -0.3 is 19.7 Å². The number of nitrogens with zero attached hydrogens (tertiary/aromatic N) is 6. The van der Waals surface area contributed by atoms with Crippen molar-refractivity contribution in [2.45, 2.75) is 35.6 Å². The summed E-state index contributed by atoms with van der Waals surface area (Å²) in [7, 11) is 1.54. The van der Waals surface area contributed by atoms with Crippen LogP contribution in [0.25, 0.3) is 0 Å². The average molecular weight is 550 g/mol. The van der Waals surface area contributed by atoms with E-state index in [1.165, 1.54) is 30.4 Å². The van der Waals surface area contributed by atoms with E-state index in [0.717, 1.165) is 34.3 Å². The lowest BCUT2D eigenvalue weighted by molar-refractivity contribution is -0.136. The predicted octanol–water partition coefficient (Wildman–Crippen LogP) is 5.07. The minimum absolute atomic E-state index is 0.0201. The maximum atomic E-state index is 12.1. The van der Waals surface area contributed by atoms with Crippen molar-refractivity contribution in [2.75, 3.05) is 32.1 Å². The highest BCUT2D eigenvalue weighted by Gasteiger charge is 2.26. The summed E-state index contributed by atoms with van der Waals surface area (Å²) in [6.07, 6.45) is 6.90. The molecule has 1 saturated heterocycles. The zero-order chi connectivity index (χ0) is 26.3. The minimum atomic E-state index is 0.0201. The zero-order valence-corrected chi connectivity index (χ0v) is 22.7. The topological polar surface area (TPSA) is 115 Å². The van der Waals surface area contributed by atoms with E-state index in [-0.39, 0.29) is 18.4 Å². The molecule has 4 aromatic heterocycles. The number of likely N-dealkylation sites (tertiary alicyclic amines) is 1. The predicted molar refractivity (Wildman–Crippen MR) is 145 cm³/mol. The number of anilines is 2. The molecule has 0 spiro atoms. The number of methoxy groups -OCH3 is 1. The summed E-state index contributed by atoms with van der Waals surface area (Å²) < 4.78 is 15.8. The number of hydrogen-bond acceptors (Lipinski definition) is 11. The molecule has 0 unspecified atom stereocenters. The van der Waals surface area contributed by atoms with Gasteiger partial charge in [-0.05, 0) is 44.0 Å². The number of pyridine rings is 3. The summed E-state index contributed by atoms with van der Waals surface area (Å²) in [5.41, 5.74) is 0.773. The van der Waals surface area contributed by atoms with Gasteiger partial charge in [0.05, 0.1) is 5.69 Å². The normalized spacial score (nSPS) is 13.9. The largest absolute Gasteiger partial charge is 0.452 e. The second-order valence-electron chi connectivity index (χ2n) is 8.65. The molecule has 12 heteroatoms. The minimum Gasteiger partial charge on any atom is -0.452 e. The third kappa shape index (κ3) is 6.44. The number of hydrogen-bond donors (Lipinski definition) is 1. The van der Waals surface area contributed by atoms with Gasteiger partial charge in [-0.25, -0.2) is 15.0 Å². The monoisotopic (exact) mass is 549 g/mol. The average Bonchev–Trinajstić information content (AvgIpc) is 3.41. The van der Waals surface area contributed by atoms with E-state index in [0.29, 0.717) is 35.5 Å². The van der Waals surface area contributed by atoms with E-state index in [9.17, 15) is 4.79 Å². The summed E-state index contributed by atoms with van der Waals surface area (Å²) in [4.78, 5) is 32.9. The van der Waals surface area contributed by atoms with Crippen LogP contribution < -0.4 is 10.1 Å². The molecule has 5 rings (SSSR count). The first kappa shape index (κ1) is 26.0. The zero-order valence-electron chi connectivity index (χ0n) is 21.0. The number of nitrogens with one attached hydrogen (secondary N) is 1. The highest BCUT2D eigenvalue weighted by atomic mass is 32.2. The van der Waals surface area contributed by atoms with Crippen LogP contribution in [0.1, 0.15) is 30.3 Å². The first-order valence-corrected chi connectivity index (χ1v) is 13.7. The lowest BCUT2D eigenvalue weighted by Gasteiger charge is -2.30. The van der Waals surface area contributed by atoms with Gasteiger partial charge in [-0.2, -0.15) is 4.37 Å². The molecule has 1 aliphatic rings. The fourth-order valence-corrected chi connectivity index (χ4v) is 5.45. The molecule has 0 aromatic carbocycles. The van der Waals surface area contributed by atoms with Gasteiger partial charge >= 0.3 is 0 Å². The van der Waals surface area contributed by atoms with Crippen LogP contribution in [0.2, 0.25) is 0 Å². The van der Waals surface area contributed by atoms with Gasteiger partial charge in [0.1, 0.15) is 23.2 Å². The Morgan fingerprint density at radius 2 is 1.97 bits per heavy atom. The van der Waals surface area contributed by atoms with E-state index >= 15 is 0 Å². The Kier molecular flexibility index (Phi) is 8.41. The van der Waals surface area contributed by atoms with Crippen LogP contribution >= 0.6 is 23.3 Å². The smallest absolute Gasteiger partial charge is 0.248 e. The molecule has 38 heavy (non-hydrogen) atoms. The Morgan fingerprint density at radius 3 is 2.74 bits per heavy atom. The van der Waals surface area contributed by atoms with Crippen LogP contribution in [-0.4, -0.2) is 61.9 Å². The third-order valence-electron chi connectivity index (χ3n) is 6.01. The number of carbonyl (C=O) groups is 1. The maximum Gasteiger partial charge on any atom is 0.248 e. The number of amides is 1. The molecule has 1 fully saturated rings. The Bertz CT molecular complexity index is 1380. The second-order valence-corrected chi connectivity index (χ2v) is 10.5. The fraction of sp³-hybridized carbons (Fsp3) is 0.308. The molecular formula is C26H27N7O3S2. The van der Waals surface area contributed by atoms with Gasteiger partial charge in [0.15, 0.2) is 11.6 Å². The Labute approximate surface area is 229 Å². The van der Waals surface area contributed by atoms with Crippen molar-refractivity contribution in [1.29, 1.82) is 0 Å². The molecule has 4 aromatic rings. The van der Waals surface area contributed by atoms with E-state index in [4.69, 9.17) is 14.5 Å². The molecule has 1 aliphatic heterocycles. The van der Waals surface area contributed by atoms with Crippen molar-refractivity contribution in [3.63, 3.8) is 0 Å².